The van der Waals surface area contributed by atoms with E-state index in [-0.39, 0.29) is 36.1 Å². The van der Waals surface area contributed by atoms with E-state index >= 15 is 0 Å². The molecule has 1 aliphatic heterocycles. The molecule has 138 valence electrons. The number of rotatable bonds is 5. The van der Waals surface area contributed by atoms with Gasteiger partial charge in [0, 0.05) is 24.6 Å². The summed E-state index contributed by atoms with van der Waals surface area (Å²) in [5.74, 6) is -0.890. The first-order valence-electron chi connectivity index (χ1n) is 8.06. The van der Waals surface area contributed by atoms with Crippen LogP contribution in [-0.2, 0) is 24.5 Å². The van der Waals surface area contributed by atoms with Crippen LogP contribution in [0.1, 0.15) is 32.9 Å². The molecule has 0 saturated carbocycles. The van der Waals surface area contributed by atoms with Gasteiger partial charge in [-0.15, -0.1) is 0 Å². The summed E-state index contributed by atoms with van der Waals surface area (Å²) in [5.41, 5.74) is 0.534. The monoisotopic (exact) mass is 352 g/mol. The molecule has 1 aromatic rings. The van der Waals surface area contributed by atoms with E-state index in [0.29, 0.717) is 13.1 Å². The summed E-state index contributed by atoms with van der Waals surface area (Å²) in [4.78, 5) is 37.4. The highest BCUT2D eigenvalue weighted by Crippen LogP contribution is 2.23. The summed E-state index contributed by atoms with van der Waals surface area (Å²) >= 11 is 0. The van der Waals surface area contributed by atoms with Gasteiger partial charge in [-0.1, -0.05) is 25.9 Å². The van der Waals surface area contributed by atoms with Gasteiger partial charge in [-0.05, 0) is 0 Å². The van der Waals surface area contributed by atoms with E-state index in [1.54, 1.807) is 11.0 Å². The molecule has 1 fully saturated rings. The largest absolute Gasteiger partial charge is 0.469 e. The van der Waals surface area contributed by atoms with Crippen LogP contribution in [0.4, 0.5) is 5.88 Å². The molecule has 2 rings (SSSR count). The van der Waals surface area contributed by atoms with E-state index in [1.807, 2.05) is 20.8 Å². The number of ether oxygens (including phenoxy) is 1. The van der Waals surface area contributed by atoms with Gasteiger partial charge in [0.2, 0.25) is 17.7 Å². The molecule has 0 bridgehead atoms. The Morgan fingerprint density at radius 1 is 1.48 bits per heavy atom. The Labute approximate surface area is 146 Å². The average Bonchev–Trinajstić information content (AvgIpc) is 2.99. The van der Waals surface area contributed by atoms with E-state index in [9.17, 15) is 14.4 Å². The first kappa shape index (κ1) is 18.9. The van der Waals surface area contributed by atoms with Gasteiger partial charge >= 0.3 is 5.97 Å². The van der Waals surface area contributed by atoms with Crippen LogP contribution < -0.4 is 10.6 Å². The summed E-state index contributed by atoms with van der Waals surface area (Å²) in [6.45, 7) is 6.80. The maximum absolute atomic E-state index is 12.3. The highest BCUT2D eigenvalue weighted by molar-refractivity contribution is 5.92. The molecule has 2 N–H and O–H groups in total. The van der Waals surface area contributed by atoms with Crippen LogP contribution >= 0.6 is 0 Å². The highest BCUT2D eigenvalue weighted by atomic mass is 16.5. The maximum atomic E-state index is 12.3. The van der Waals surface area contributed by atoms with Crippen LogP contribution in [0.3, 0.4) is 0 Å². The molecule has 1 saturated heterocycles. The molecule has 2 amide bonds. The molecule has 9 heteroatoms. The minimum absolute atomic E-state index is 0.0410. The second-order valence-corrected chi connectivity index (χ2v) is 6.93. The van der Waals surface area contributed by atoms with Crippen molar-refractivity contribution in [3.8, 4) is 0 Å². The smallest absolute Gasteiger partial charge is 0.307 e. The number of methoxy groups -OCH3 is 1. The molecule has 9 nitrogen and oxygen atoms in total. The van der Waals surface area contributed by atoms with Gasteiger partial charge in [0.05, 0.1) is 25.8 Å². The van der Waals surface area contributed by atoms with E-state index in [1.165, 1.54) is 7.11 Å². The van der Waals surface area contributed by atoms with Gasteiger partial charge in [0.1, 0.15) is 6.04 Å². The lowest BCUT2D eigenvalue weighted by atomic mass is 9.92. The number of hydrogen-bond acceptors (Lipinski definition) is 7. The number of carbonyl (C=O) groups excluding carboxylic acids is 3. The van der Waals surface area contributed by atoms with Gasteiger partial charge in [-0.3, -0.25) is 24.6 Å². The van der Waals surface area contributed by atoms with Crippen LogP contribution in [0.5, 0.6) is 0 Å². The van der Waals surface area contributed by atoms with Gasteiger partial charge < -0.3 is 14.6 Å². The second-order valence-electron chi connectivity index (χ2n) is 6.93. The molecule has 0 aliphatic carbocycles. The number of anilines is 1. The Kier molecular flexibility index (Phi) is 5.78. The van der Waals surface area contributed by atoms with Crippen LogP contribution in [0.2, 0.25) is 0 Å². The minimum atomic E-state index is -0.730. The van der Waals surface area contributed by atoms with E-state index in [0.717, 1.165) is 5.69 Å². The lowest BCUT2D eigenvalue weighted by molar-refractivity contribution is -0.146. The highest BCUT2D eigenvalue weighted by Gasteiger charge is 2.33. The van der Waals surface area contributed by atoms with Crippen molar-refractivity contribution >= 4 is 23.7 Å². The molecule has 1 atom stereocenters. The molecule has 1 aliphatic rings. The van der Waals surface area contributed by atoms with Crippen molar-refractivity contribution in [2.24, 2.45) is 0 Å². The van der Waals surface area contributed by atoms with Crippen LogP contribution in [-0.4, -0.2) is 60.6 Å². The Hall–Kier alpha value is -2.42. The standard InChI is InChI=1S/C16H24N4O5/c1-16(2,3)11-8-13(25-19-11)18-12(21)9-20-6-5-17-15(23)10(20)7-14(22)24-4/h8,10H,5-7,9H2,1-4H3,(H,17,23)(H,18,21)/t10-/m1/s1. The quantitative estimate of drug-likeness (QED) is 0.731. The fourth-order valence-corrected chi connectivity index (χ4v) is 2.46. The maximum Gasteiger partial charge on any atom is 0.307 e. The van der Waals surface area contributed by atoms with Crippen LogP contribution in [0.25, 0.3) is 0 Å². The normalized spacial score (nSPS) is 18.6. The summed E-state index contributed by atoms with van der Waals surface area (Å²) in [6, 6.07) is 0.944. The van der Waals surface area contributed by atoms with Crippen molar-refractivity contribution in [3.63, 3.8) is 0 Å². The first-order valence-corrected chi connectivity index (χ1v) is 8.06. The van der Waals surface area contributed by atoms with Crippen molar-refractivity contribution in [2.45, 2.75) is 38.6 Å². The zero-order valence-corrected chi connectivity index (χ0v) is 14.9. The third-order valence-corrected chi connectivity index (χ3v) is 3.92. The third kappa shape index (κ3) is 5.02. The van der Waals surface area contributed by atoms with Gasteiger partial charge in [0.15, 0.2) is 0 Å². The topological polar surface area (TPSA) is 114 Å². The Morgan fingerprint density at radius 3 is 2.80 bits per heavy atom. The lowest BCUT2D eigenvalue weighted by Gasteiger charge is -2.33. The van der Waals surface area contributed by atoms with Crippen LogP contribution in [0.15, 0.2) is 10.6 Å². The Morgan fingerprint density at radius 2 is 2.20 bits per heavy atom. The van der Waals surface area contributed by atoms with Crippen molar-refractivity contribution in [3.05, 3.63) is 11.8 Å². The molecule has 2 heterocycles. The number of hydrogen-bond donors (Lipinski definition) is 2. The molecule has 25 heavy (non-hydrogen) atoms. The number of esters is 1. The zero-order valence-electron chi connectivity index (χ0n) is 14.9. The average molecular weight is 352 g/mol. The number of nitrogens with zero attached hydrogens (tertiary/aromatic N) is 2. The number of nitrogens with one attached hydrogen (secondary N) is 2. The van der Waals surface area contributed by atoms with Crippen molar-refractivity contribution in [2.75, 3.05) is 32.1 Å². The lowest BCUT2D eigenvalue weighted by Crippen LogP contribution is -2.57. The Bertz CT molecular complexity index is 649. The van der Waals surface area contributed by atoms with Crippen LogP contribution in [0, 0.1) is 0 Å². The molecular weight excluding hydrogens is 328 g/mol. The zero-order chi connectivity index (χ0) is 18.6. The molecule has 0 aromatic carbocycles. The molecule has 0 spiro atoms. The summed E-state index contributed by atoms with van der Waals surface area (Å²) < 4.78 is 9.74. The third-order valence-electron chi connectivity index (χ3n) is 3.92. The summed E-state index contributed by atoms with van der Waals surface area (Å²) in [5, 5.41) is 9.25. The molecule has 1 aromatic heterocycles. The predicted octanol–water partition coefficient (Wildman–Crippen LogP) is 0.274. The number of carbonyl (C=O) groups is 3. The number of aromatic nitrogens is 1. The van der Waals surface area contributed by atoms with Gasteiger partial charge in [0.25, 0.3) is 0 Å². The van der Waals surface area contributed by atoms with Crippen molar-refractivity contribution in [1.82, 2.24) is 15.4 Å². The fourth-order valence-electron chi connectivity index (χ4n) is 2.46. The first-order chi connectivity index (χ1) is 11.7. The number of piperazine rings is 1. The fraction of sp³-hybridized carbons (Fsp3) is 0.625. The van der Waals surface area contributed by atoms with E-state index < -0.39 is 12.0 Å². The minimum Gasteiger partial charge on any atom is -0.469 e. The molecular formula is C16H24N4O5. The Balaban J connectivity index is 1.98. The molecule has 0 radical (unpaired) electrons. The summed E-state index contributed by atoms with van der Waals surface area (Å²) in [6.07, 6.45) is -0.105. The van der Waals surface area contributed by atoms with E-state index in [4.69, 9.17) is 4.52 Å². The molecule has 0 unspecified atom stereocenters. The number of amides is 2. The SMILES string of the molecule is COC(=O)C[C@@H]1C(=O)NCCN1CC(=O)Nc1cc(C(C)(C)C)no1. The van der Waals surface area contributed by atoms with Gasteiger partial charge in [-0.25, -0.2) is 0 Å². The summed E-state index contributed by atoms with van der Waals surface area (Å²) in [7, 11) is 1.26. The van der Waals surface area contributed by atoms with Gasteiger partial charge in [-0.2, -0.15) is 0 Å². The predicted molar refractivity (Wildman–Crippen MR) is 88.8 cm³/mol. The second kappa shape index (κ2) is 7.64. The van der Waals surface area contributed by atoms with Crippen molar-refractivity contribution in [1.29, 1.82) is 0 Å². The van der Waals surface area contributed by atoms with Crippen molar-refractivity contribution < 1.29 is 23.6 Å². The van der Waals surface area contributed by atoms with E-state index in [2.05, 4.69) is 20.5 Å².